The fraction of sp³-hybridized carbons (Fsp3) is 0.611. The number of hydrogen-bond acceptors (Lipinski definition) is 6. The number of nitrogens with one attached hydrogen (secondary N) is 2. The number of fused-ring (bicyclic) bond motifs is 1. The average Bonchev–Trinajstić information content (AvgIpc) is 3.17. The van der Waals surface area contributed by atoms with Gasteiger partial charge in [-0.05, 0) is 39.2 Å². The highest BCUT2D eigenvalue weighted by molar-refractivity contribution is 5.99. The topological polar surface area (TPSA) is 89.5 Å². The Bertz CT molecular complexity index is 712. The van der Waals surface area contributed by atoms with Crippen molar-refractivity contribution in [3.8, 4) is 0 Å². The van der Waals surface area contributed by atoms with Gasteiger partial charge in [-0.25, -0.2) is 9.78 Å². The second kappa shape index (κ2) is 5.98. The lowest BCUT2D eigenvalue weighted by atomic mass is 9.91. The molecule has 3 atom stereocenters. The zero-order chi connectivity index (χ0) is 17.6. The third kappa shape index (κ3) is 2.86. The van der Waals surface area contributed by atoms with Gasteiger partial charge in [0.2, 0.25) is 5.91 Å². The molecule has 0 saturated carbocycles. The van der Waals surface area contributed by atoms with Crippen LogP contribution in [0.5, 0.6) is 0 Å². The van der Waals surface area contributed by atoms with E-state index in [2.05, 4.69) is 15.6 Å². The van der Waals surface area contributed by atoms with Crippen LogP contribution in [0.15, 0.2) is 12.3 Å². The average molecular weight is 345 g/mol. The number of anilines is 1. The Balaban J connectivity index is 1.62. The summed E-state index contributed by atoms with van der Waals surface area (Å²) in [6.45, 7) is 4.47. The lowest BCUT2D eigenvalue weighted by Crippen LogP contribution is -2.57. The smallest absolute Gasteiger partial charge is 0.343 e. The molecular weight excluding hydrogens is 322 g/mol. The standard InChI is InChI=1S/C18H23N3O4/c1-18(2)10-7-8-19-16(14(10)17(23)25-18)20-11-5-6-13(22)21-15(11)12-4-3-9-24-12/h7-8,11-12,15H,3-6,9H2,1-2H3,(H,19,20)(H,21,22)/t11-,12?,15-/m0/s1. The summed E-state index contributed by atoms with van der Waals surface area (Å²) in [5.74, 6) is 0.215. The molecule has 3 aliphatic heterocycles. The van der Waals surface area contributed by atoms with Crippen LogP contribution in [0.1, 0.15) is 55.5 Å². The molecular formula is C18H23N3O4. The van der Waals surface area contributed by atoms with Crippen LogP contribution >= 0.6 is 0 Å². The SMILES string of the molecule is CC1(C)OC(=O)c2c1ccnc2N[C@H]1CCC(=O)N[C@@H]1C1CCCO1. The number of amides is 1. The number of carbonyl (C=O) groups excluding carboxylic acids is 2. The first-order chi connectivity index (χ1) is 12.0. The van der Waals surface area contributed by atoms with Gasteiger partial charge in [0.1, 0.15) is 17.0 Å². The van der Waals surface area contributed by atoms with Crippen molar-refractivity contribution in [3.05, 3.63) is 23.4 Å². The molecule has 0 aliphatic carbocycles. The normalized spacial score (nSPS) is 30.6. The van der Waals surface area contributed by atoms with Crippen molar-refractivity contribution in [1.82, 2.24) is 10.3 Å². The molecule has 134 valence electrons. The van der Waals surface area contributed by atoms with Gasteiger partial charge in [-0.15, -0.1) is 0 Å². The summed E-state index contributed by atoms with van der Waals surface area (Å²) in [7, 11) is 0. The van der Waals surface area contributed by atoms with Crippen molar-refractivity contribution in [2.24, 2.45) is 0 Å². The number of piperidine rings is 1. The van der Waals surface area contributed by atoms with E-state index >= 15 is 0 Å². The minimum atomic E-state index is -0.652. The van der Waals surface area contributed by atoms with Gasteiger partial charge in [0.15, 0.2) is 0 Å². The summed E-state index contributed by atoms with van der Waals surface area (Å²) in [5.41, 5.74) is 0.680. The number of rotatable bonds is 3. The molecule has 25 heavy (non-hydrogen) atoms. The first-order valence-corrected chi connectivity index (χ1v) is 8.86. The first kappa shape index (κ1) is 16.3. The van der Waals surface area contributed by atoms with Crippen molar-refractivity contribution in [2.45, 2.75) is 63.3 Å². The Morgan fingerprint density at radius 1 is 1.32 bits per heavy atom. The number of pyridine rings is 1. The van der Waals surface area contributed by atoms with E-state index < -0.39 is 5.60 Å². The van der Waals surface area contributed by atoms with E-state index in [9.17, 15) is 9.59 Å². The fourth-order valence-corrected chi connectivity index (χ4v) is 4.02. The molecule has 4 heterocycles. The van der Waals surface area contributed by atoms with Gasteiger partial charge in [-0.2, -0.15) is 0 Å². The van der Waals surface area contributed by atoms with Gasteiger partial charge in [0.05, 0.1) is 18.2 Å². The second-order valence-electron chi connectivity index (χ2n) is 7.42. The first-order valence-electron chi connectivity index (χ1n) is 8.86. The molecule has 2 fully saturated rings. The van der Waals surface area contributed by atoms with E-state index in [1.165, 1.54) is 0 Å². The molecule has 3 aliphatic rings. The maximum absolute atomic E-state index is 12.3. The predicted molar refractivity (Wildman–Crippen MR) is 90.2 cm³/mol. The van der Waals surface area contributed by atoms with E-state index in [-0.39, 0.29) is 30.1 Å². The van der Waals surface area contributed by atoms with E-state index in [4.69, 9.17) is 9.47 Å². The van der Waals surface area contributed by atoms with Gasteiger partial charge in [-0.1, -0.05) is 0 Å². The minimum Gasteiger partial charge on any atom is -0.451 e. The number of carbonyl (C=O) groups is 2. The summed E-state index contributed by atoms with van der Waals surface area (Å²) in [6, 6.07) is 1.68. The Morgan fingerprint density at radius 2 is 2.16 bits per heavy atom. The van der Waals surface area contributed by atoms with Gasteiger partial charge >= 0.3 is 5.97 Å². The highest BCUT2D eigenvalue weighted by Crippen LogP contribution is 2.39. The zero-order valence-corrected chi connectivity index (χ0v) is 14.5. The summed E-state index contributed by atoms with van der Waals surface area (Å²) >= 11 is 0. The van der Waals surface area contributed by atoms with Crippen LogP contribution in [0.3, 0.4) is 0 Å². The molecule has 1 unspecified atom stereocenters. The van der Waals surface area contributed by atoms with Gasteiger partial charge in [0, 0.05) is 24.8 Å². The summed E-state index contributed by atoms with van der Waals surface area (Å²) < 4.78 is 11.3. The van der Waals surface area contributed by atoms with Crippen molar-refractivity contribution in [3.63, 3.8) is 0 Å². The van der Waals surface area contributed by atoms with Crippen LogP contribution < -0.4 is 10.6 Å². The molecule has 0 aromatic carbocycles. The number of hydrogen-bond donors (Lipinski definition) is 2. The summed E-state index contributed by atoms with van der Waals surface area (Å²) in [6.07, 6.45) is 4.75. The van der Waals surface area contributed by atoms with Crippen LogP contribution in [0.2, 0.25) is 0 Å². The largest absolute Gasteiger partial charge is 0.451 e. The van der Waals surface area contributed by atoms with E-state index in [0.29, 0.717) is 24.2 Å². The summed E-state index contributed by atoms with van der Waals surface area (Å²) in [5, 5.41) is 6.44. The Kier molecular flexibility index (Phi) is 3.91. The quantitative estimate of drug-likeness (QED) is 0.811. The van der Waals surface area contributed by atoms with Gasteiger partial charge in [-0.3, -0.25) is 4.79 Å². The lowest BCUT2D eigenvalue weighted by Gasteiger charge is -2.36. The lowest BCUT2D eigenvalue weighted by molar-refractivity contribution is -0.124. The number of nitrogens with zero attached hydrogens (tertiary/aromatic N) is 1. The van der Waals surface area contributed by atoms with E-state index in [0.717, 1.165) is 25.0 Å². The molecule has 2 saturated heterocycles. The van der Waals surface area contributed by atoms with Crippen molar-refractivity contribution >= 4 is 17.7 Å². The third-order valence-corrected chi connectivity index (χ3v) is 5.28. The molecule has 4 rings (SSSR count). The molecule has 0 bridgehead atoms. The number of aromatic nitrogens is 1. The molecule has 2 N–H and O–H groups in total. The maximum Gasteiger partial charge on any atom is 0.343 e. The van der Waals surface area contributed by atoms with Crippen LogP contribution in [-0.2, 0) is 19.9 Å². The number of esters is 1. The van der Waals surface area contributed by atoms with Crippen molar-refractivity contribution in [1.29, 1.82) is 0 Å². The maximum atomic E-state index is 12.3. The Morgan fingerprint density at radius 3 is 2.92 bits per heavy atom. The third-order valence-electron chi connectivity index (χ3n) is 5.28. The van der Waals surface area contributed by atoms with Gasteiger partial charge in [0.25, 0.3) is 0 Å². The highest BCUT2D eigenvalue weighted by Gasteiger charge is 2.42. The second-order valence-corrected chi connectivity index (χ2v) is 7.42. The molecule has 0 spiro atoms. The molecule has 0 radical (unpaired) electrons. The van der Waals surface area contributed by atoms with E-state index in [1.54, 1.807) is 6.20 Å². The number of ether oxygens (including phenoxy) is 2. The molecule has 7 heteroatoms. The highest BCUT2D eigenvalue weighted by atomic mass is 16.6. The number of cyclic esters (lactones) is 1. The zero-order valence-electron chi connectivity index (χ0n) is 14.5. The molecule has 1 aromatic heterocycles. The van der Waals surface area contributed by atoms with Crippen LogP contribution in [0.4, 0.5) is 5.82 Å². The fourth-order valence-electron chi connectivity index (χ4n) is 4.02. The predicted octanol–water partition coefficient (Wildman–Crippen LogP) is 1.73. The summed E-state index contributed by atoms with van der Waals surface area (Å²) in [4.78, 5) is 28.6. The Labute approximate surface area is 146 Å². The van der Waals surface area contributed by atoms with Crippen LogP contribution in [0, 0.1) is 0 Å². The molecule has 1 amide bonds. The monoisotopic (exact) mass is 345 g/mol. The van der Waals surface area contributed by atoms with E-state index in [1.807, 2.05) is 19.9 Å². The molecule has 7 nitrogen and oxygen atoms in total. The van der Waals surface area contributed by atoms with Crippen LogP contribution in [-0.4, -0.2) is 41.7 Å². The Hall–Kier alpha value is -2.15. The minimum absolute atomic E-state index is 0.00176. The van der Waals surface area contributed by atoms with Gasteiger partial charge < -0.3 is 20.1 Å². The van der Waals surface area contributed by atoms with Crippen molar-refractivity contribution < 1.29 is 19.1 Å². The van der Waals surface area contributed by atoms with Crippen molar-refractivity contribution in [2.75, 3.05) is 11.9 Å². The van der Waals surface area contributed by atoms with Crippen LogP contribution in [0.25, 0.3) is 0 Å². The molecule has 1 aromatic rings.